The van der Waals surface area contributed by atoms with E-state index in [1.807, 2.05) is 13.0 Å². The Morgan fingerprint density at radius 3 is 2.77 bits per heavy atom. The SMILES string of the molecule is Cc1nc(NCCCN2CCOCC2)c2cc(-c3ccccc3)sc2n1. The molecule has 0 spiro atoms. The summed E-state index contributed by atoms with van der Waals surface area (Å²) in [4.78, 5) is 14.0. The summed E-state index contributed by atoms with van der Waals surface area (Å²) < 4.78 is 5.40. The lowest BCUT2D eigenvalue weighted by Gasteiger charge is -2.26. The number of fused-ring (bicyclic) bond motifs is 1. The van der Waals surface area contributed by atoms with Gasteiger partial charge in [0.15, 0.2) is 0 Å². The van der Waals surface area contributed by atoms with E-state index in [0.717, 1.165) is 67.7 Å². The highest BCUT2D eigenvalue weighted by Gasteiger charge is 2.12. The van der Waals surface area contributed by atoms with E-state index in [9.17, 15) is 0 Å². The van der Waals surface area contributed by atoms with Crippen molar-refractivity contribution in [3.05, 3.63) is 42.2 Å². The van der Waals surface area contributed by atoms with Crippen molar-refractivity contribution in [2.45, 2.75) is 13.3 Å². The molecule has 1 N–H and O–H groups in total. The Morgan fingerprint density at radius 1 is 1.15 bits per heavy atom. The lowest BCUT2D eigenvalue weighted by molar-refractivity contribution is 0.0378. The van der Waals surface area contributed by atoms with E-state index < -0.39 is 0 Å². The molecule has 1 fully saturated rings. The minimum Gasteiger partial charge on any atom is -0.379 e. The normalized spacial score (nSPS) is 15.4. The maximum Gasteiger partial charge on any atom is 0.138 e. The Labute approximate surface area is 158 Å². The van der Waals surface area contributed by atoms with Crippen molar-refractivity contribution < 1.29 is 4.74 Å². The second-order valence-corrected chi connectivity index (χ2v) is 7.58. The number of nitrogens with one attached hydrogen (secondary N) is 1. The molecule has 1 aliphatic heterocycles. The van der Waals surface area contributed by atoms with Gasteiger partial charge in [-0.2, -0.15) is 0 Å². The van der Waals surface area contributed by atoms with Crippen molar-refractivity contribution in [2.75, 3.05) is 44.7 Å². The second-order valence-electron chi connectivity index (χ2n) is 6.55. The summed E-state index contributed by atoms with van der Waals surface area (Å²) >= 11 is 1.73. The third-order valence-electron chi connectivity index (χ3n) is 4.61. The average Bonchev–Trinajstić information content (AvgIpc) is 3.11. The van der Waals surface area contributed by atoms with Crippen molar-refractivity contribution in [2.24, 2.45) is 0 Å². The zero-order valence-corrected chi connectivity index (χ0v) is 15.9. The summed E-state index contributed by atoms with van der Waals surface area (Å²) in [7, 11) is 0. The van der Waals surface area contributed by atoms with Crippen LogP contribution < -0.4 is 5.32 Å². The molecule has 0 aliphatic carbocycles. The summed E-state index contributed by atoms with van der Waals surface area (Å²) in [5.41, 5.74) is 1.23. The number of thiophene rings is 1. The number of hydrogen-bond acceptors (Lipinski definition) is 6. The van der Waals surface area contributed by atoms with Crippen molar-refractivity contribution in [3.8, 4) is 10.4 Å². The third kappa shape index (κ3) is 4.03. The smallest absolute Gasteiger partial charge is 0.138 e. The van der Waals surface area contributed by atoms with E-state index in [2.05, 4.69) is 50.5 Å². The third-order valence-corrected chi connectivity index (χ3v) is 5.69. The van der Waals surface area contributed by atoms with Crippen LogP contribution in [0.25, 0.3) is 20.7 Å². The monoisotopic (exact) mass is 368 g/mol. The van der Waals surface area contributed by atoms with Gasteiger partial charge >= 0.3 is 0 Å². The molecule has 0 unspecified atom stereocenters. The van der Waals surface area contributed by atoms with Crippen molar-refractivity contribution in [3.63, 3.8) is 0 Å². The van der Waals surface area contributed by atoms with Gasteiger partial charge in [0.05, 0.1) is 18.6 Å². The molecular formula is C20H24N4OS. The number of ether oxygens (including phenoxy) is 1. The van der Waals surface area contributed by atoms with E-state index >= 15 is 0 Å². The molecule has 136 valence electrons. The Bertz CT molecular complexity index is 859. The van der Waals surface area contributed by atoms with Gasteiger partial charge in [0.2, 0.25) is 0 Å². The van der Waals surface area contributed by atoms with Crippen LogP contribution in [-0.2, 0) is 4.74 Å². The van der Waals surface area contributed by atoms with Gasteiger partial charge < -0.3 is 10.1 Å². The molecule has 0 radical (unpaired) electrons. The number of nitrogens with zero attached hydrogens (tertiary/aromatic N) is 3. The van der Waals surface area contributed by atoms with Crippen LogP contribution in [0.2, 0.25) is 0 Å². The fraction of sp³-hybridized carbons (Fsp3) is 0.400. The maximum absolute atomic E-state index is 5.40. The maximum atomic E-state index is 5.40. The van der Waals surface area contributed by atoms with Crippen LogP contribution in [0.5, 0.6) is 0 Å². The van der Waals surface area contributed by atoms with E-state index in [1.54, 1.807) is 11.3 Å². The number of morpholine rings is 1. The largest absolute Gasteiger partial charge is 0.379 e. The van der Waals surface area contributed by atoms with Crippen LogP contribution in [-0.4, -0.2) is 54.3 Å². The molecule has 26 heavy (non-hydrogen) atoms. The van der Waals surface area contributed by atoms with E-state index in [1.165, 1.54) is 10.4 Å². The molecule has 0 amide bonds. The zero-order chi connectivity index (χ0) is 17.8. The van der Waals surface area contributed by atoms with Gasteiger partial charge in [-0.1, -0.05) is 30.3 Å². The van der Waals surface area contributed by atoms with Crippen LogP contribution in [0.1, 0.15) is 12.2 Å². The molecule has 3 heterocycles. The van der Waals surface area contributed by atoms with Gasteiger partial charge in [-0.15, -0.1) is 11.3 Å². The van der Waals surface area contributed by atoms with Crippen LogP contribution in [0.3, 0.4) is 0 Å². The molecule has 5 nitrogen and oxygen atoms in total. The molecule has 0 atom stereocenters. The zero-order valence-electron chi connectivity index (χ0n) is 15.1. The summed E-state index contributed by atoms with van der Waals surface area (Å²) in [6, 6.07) is 12.7. The average molecular weight is 369 g/mol. The highest BCUT2D eigenvalue weighted by Crippen LogP contribution is 2.35. The first-order chi connectivity index (χ1) is 12.8. The molecule has 6 heteroatoms. The molecular weight excluding hydrogens is 344 g/mol. The quantitative estimate of drug-likeness (QED) is 0.671. The predicted molar refractivity (Wildman–Crippen MR) is 108 cm³/mol. The van der Waals surface area contributed by atoms with Gasteiger partial charge in [0.1, 0.15) is 16.5 Å². The van der Waals surface area contributed by atoms with E-state index in [4.69, 9.17) is 4.74 Å². The molecule has 4 rings (SSSR count). The summed E-state index contributed by atoms with van der Waals surface area (Å²) in [6.45, 7) is 7.78. The second kappa shape index (κ2) is 8.12. The first-order valence-electron chi connectivity index (χ1n) is 9.17. The lowest BCUT2D eigenvalue weighted by atomic mass is 10.2. The van der Waals surface area contributed by atoms with Gasteiger partial charge in [-0.3, -0.25) is 4.90 Å². The van der Waals surface area contributed by atoms with E-state index in [0.29, 0.717) is 0 Å². The van der Waals surface area contributed by atoms with Gasteiger partial charge in [-0.25, -0.2) is 9.97 Å². The molecule has 0 saturated carbocycles. The standard InChI is InChI=1S/C20H24N4OS/c1-15-22-19(21-8-5-9-24-10-12-25-13-11-24)17-14-18(26-20(17)23-15)16-6-3-2-4-7-16/h2-4,6-7,14H,5,8-13H2,1H3,(H,21,22,23). The van der Waals surface area contributed by atoms with Crippen LogP contribution in [0.4, 0.5) is 5.82 Å². The summed E-state index contributed by atoms with van der Waals surface area (Å²) in [5.74, 6) is 1.77. The molecule has 1 saturated heterocycles. The Balaban J connectivity index is 1.46. The van der Waals surface area contributed by atoms with Crippen LogP contribution in [0.15, 0.2) is 36.4 Å². The molecule has 1 aromatic carbocycles. The first-order valence-corrected chi connectivity index (χ1v) is 9.99. The van der Waals surface area contributed by atoms with Crippen molar-refractivity contribution in [1.29, 1.82) is 0 Å². The Hall–Kier alpha value is -2.02. The molecule has 2 aromatic heterocycles. The summed E-state index contributed by atoms with van der Waals surface area (Å²) in [5, 5.41) is 4.65. The van der Waals surface area contributed by atoms with Crippen LogP contribution >= 0.6 is 11.3 Å². The lowest BCUT2D eigenvalue weighted by Crippen LogP contribution is -2.37. The number of aromatic nitrogens is 2. The minimum absolute atomic E-state index is 0.814. The fourth-order valence-corrected chi connectivity index (χ4v) is 4.32. The Morgan fingerprint density at radius 2 is 1.96 bits per heavy atom. The highest BCUT2D eigenvalue weighted by atomic mass is 32.1. The van der Waals surface area contributed by atoms with Gasteiger partial charge in [-0.05, 0) is 31.5 Å². The number of aryl methyl sites for hydroxylation is 1. The molecule has 3 aromatic rings. The van der Waals surface area contributed by atoms with Crippen molar-refractivity contribution >= 4 is 27.4 Å². The van der Waals surface area contributed by atoms with Crippen LogP contribution in [0, 0.1) is 6.92 Å². The first kappa shape index (κ1) is 17.4. The molecule has 0 bridgehead atoms. The predicted octanol–water partition coefficient (Wildman–Crippen LogP) is 3.80. The number of hydrogen-bond donors (Lipinski definition) is 1. The van der Waals surface area contributed by atoms with Crippen molar-refractivity contribution in [1.82, 2.24) is 14.9 Å². The van der Waals surface area contributed by atoms with Gasteiger partial charge in [0, 0.05) is 24.5 Å². The highest BCUT2D eigenvalue weighted by molar-refractivity contribution is 7.21. The minimum atomic E-state index is 0.814. The topological polar surface area (TPSA) is 50.3 Å². The van der Waals surface area contributed by atoms with Gasteiger partial charge in [0.25, 0.3) is 0 Å². The van der Waals surface area contributed by atoms with E-state index in [-0.39, 0.29) is 0 Å². The number of anilines is 1. The summed E-state index contributed by atoms with van der Waals surface area (Å²) in [6.07, 6.45) is 1.10. The Kier molecular flexibility index (Phi) is 5.43. The fourth-order valence-electron chi connectivity index (χ4n) is 3.24. The number of benzene rings is 1. The molecule has 1 aliphatic rings. The number of rotatable bonds is 6.